The van der Waals surface area contributed by atoms with Crippen molar-refractivity contribution < 1.29 is 4.79 Å². The zero-order valence-corrected chi connectivity index (χ0v) is 9.17. The van der Waals surface area contributed by atoms with Crippen molar-refractivity contribution >= 4 is 35.0 Å². The lowest BCUT2D eigenvalue weighted by atomic mass is 10.1. The Morgan fingerprint density at radius 3 is 2.62 bits per heavy atom. The molecular weight excluding hydrogens is 206 g/mol. The SMILES string of the molecule is CSC(=O)c1cc(C)ccc1N.Cl. The Hall–Kier alpha value is -0.670. The normalized spacial score (nSPS) is 9.08. The predicted molar refractivity (Wildman–Crippen MR) is 60.7 cm³/mol. The molecule has 0 aliphatic carbocycles. The molecule has 0 fully saturated rings. The van der Waals surface area contributed by atoms with E-state index in [-0.39, 0.29) is 17.5 Å². The Bertz CT molecular complexity index is 314. The number of nitrogen functional groups attached to an aromatic ring is 1. The molecule has 2 nitrogen and oxygen atoms in total. The minimum absolute atomic E-state index is 0. The predicted octanol–water partition coefficient (Wildman–Crippen LogP) is 2.50. The Morgan fingerprint density at radius 1 is 1.46 bits per heavy atom. The molecule has 0 unspecified atom stereocenters. The van der Waals surface area contributed by atoms with E-state index in [9.17, 15) is 4.79 Å². The number of nitrogens with two attached hydrogens (primary N) is 1. The topological polar surface area (TPSA) is 43.1 Å². The van der Waals surface area contributed by atoms with E-state index in [1.165, 1.54) is 11.8 Å². The summed E-state index contributed by atoms with van der Waals surface area (Å²) in [5, 5.41) is 0.0243. The van der Waals surface area contributed by atoms with E-state index in [1.54, 1.807) is 12.3 Å². The van der Waals surface area contributed by atoms with Gasteiger partial charge in [0.25, 0.3) is 0 Å². The van der Waals surface area contributed by atoms with Crippen molar-refractivity contribution in [1.82, 2.24) is 0 Å². The number of halogens is 1. The van der Waals surface area contributed by atoms with Crippen molar-refractivity contribution in [1.29, 1.82) is 0 Å². The third-order valence-electron chi connectivity index (χ3n) is 1.61. The lowest BCUT2D eigenvalue weighted by Crippen LogP contribution is -1.99. The smallest absolute Gasteiger partial charge is 0.221 e. The second-order valence-electron chi connectivity index (χ2n) is 2.58. The molecule has 72 valence electrons. The monoisotopic (exact) mass is 217 g/mol. The minimum Gasteiger partial charge on any atom is -0.398 e. The van der Waals surface area contributed by atoms with Gasteiger partial charge in [-0.3, -0.25) is 4.79 Å². The number of rotatable bonds is 1. The number of hydrogen-bond donors (Lipinski definition) is 1. The highest BCUT2D eigenvalue weighted by Gasteiger charge is 2.07. The third kappa shape index (κ3) is 2.94. The van der Waals surface area contributed by atoms with E-state index in [0.29, 0.717) is 11.3 Å². The molecule has 0 saturated heterocycles. The Balaban J connectivity index is 0.00000144. The van der Waals surface area contributed by atoms with E-state index in [4.69, 9.17) is 5.73 Å². The number of thioether (sulfide) groups is 1. The molecule has 13 heavy (non-hydrogen) atoms. The van der Waals surface area contributed by atoms with Crippen molar-refractivity contribution in [2.75, 3.05) is 12.0 Å². The summed E-state index contributed by atoms with van der Waals surface area (Å²) in [4.78, 5) is 11.3. The van der Waals surface area contributed by atoms with Gasteiger partial charge >= 0.3 is 0 Å². The molecule has 0 bridgehead atoms. The van der Waals surface area contributed by atoms with Crippen molar-refractivity contribution in [3.05, 3.63) is 29.3 Å². The van der Waals surface area contributed by atoms with Crippen LogP contribution >= 0.6 is 24.2 Å². The highest BCUT2D eigenvalue weighted by molar-refractivity contribution is 8.13. The lowest BCUT2D eigenvalue weighted by Gasteiger charge is -2.02. The average molecular weight is 218 g/mol. The first-order valence-corrected chi connectivity index (χ1v) is 4.82. The molecule has 0 saturated carbocycles. The summed E-state index contributed by atoms with van der Waals surface area (Å²) >= 11 is 1.18. The van der Waals surface area contributed by atoms with Gasteiger partial charge in [0.1, 0.15) is 0 Å². The summed E-state index contributed by atoms with van der Waals surface area (Å²) in [7, 11) is 0. The maximum absolute atomic E-state index is 11.3. The molecule has 2 N–H and O–H groups in total. The molecular formula is C9H12ClNOS. The van der Waals surface area contributed by atoms with E-state index < -0.39 is 0 Å². The van der Waals surface area contributed by atoms with Gasteiger partial charge in [-0.15, -0.1) is 12.4 Å². The maximum atomic E-state index is 11.3. The molecule has 0 amide bonds. The number of hydrogen-bond acceptors (Lipinski definition) is 3. The van der Waals surface area contributed by atoms with E-state index in [1.807, 2.05) is 19.1 Å². The summed E-state index contributed by atoms with van der Waals surface area (Å²) in [5.74, 6) is 0. The van der Waals surface area contributed by atoms with Gasteiger partial charge in [0.2, 0.25) is 5.12 Å². The van der Waals surface area contributed by atoms with Gasteiger partial charge in [0, 0.05) is 5.69 Å². The molecule has 0 radical (unpaired) electrons. The van der Waals surface area contributed by atoms with Crippen molar-refractivity contribution in [3.63, 3.8) is 0 Å². The van der Waals surface area contributed by atoms with Crippen LogP contribution in [-0.2, 0) is 0 Å². The van der Waals surface area contributed by atoms with Crippen LogP contribution in [0.1, 0.15) is 15.9 Å². The molecule has 0 atom stereocenters. The maximum Gasteiger partial charge on any atom is 0.221 e. The van der Waals surface area contributed by atoms with Gasteiger partial charge in [-0.1, -0.05) is 23.4 Å². The lowest BCUT2D eigenvalue weighted by molar-refractivity contribution is 0.109. The van der Waals surface area contributed by atoms with Crippen LogP contribution < -0.4 is 5.73 Å². The summed E-state index contributed by atoms with van der Waals surface area (Å²) in [6, 6.07) is 5.47. The summed E-state index contributed by atoms with van der Waals surface area (Å²) < 4.78 is 0. The van der Waals surface area contributed by atoms with Crippen LogP contribution in [0.15, 0.2) is 18.2 Å². The molecule has 0 spiro atoms. The highest BCUT2D eigenvalue weighted by atomic mass is 35.5. The largest absolute Gasteiger partial charge is 0.398 e. The zero-order chi connectivity index (χ0) is 9.14. The van der Waals surface area contributed by atoms with Gasteiger partial charge in [0.15, 0.2) is 0 Å². The first-order valence-electron chi connectivity index (χ1n) is 3.59. The van der Waals surface area contributed by atoms with Gasteiger partial charge in [0.05, 0.1) is 5.56 Å². The number of benzene rings is 1. The van der Waals surface area contributed by atoms with Gasteiger partial charge in [-0.25, -0.2) is 0 Å². The number of anilines is 1. The molecule has 0 aliphatic rings. The average Bonchev–Trinajstić information content (AvgIpc) is 2.08. The van der Waals surface area contributed by atoms with Crippen LogP contribution in [0.3, 0.4) is 0 Å². The van der Waals surface area contributed by atoms with Crippen molar-refractivity contribution in [2.45, 2.75) is 6.92 Å². The number of aryl methyl sites for hydroxylation is 1. The second kappa shape index (κ2) is 5.14. The minimum atomic E-state index is 0. The van der Waals surface area contributed by atoms with Crippen molar-refractivity contribution in [3.8, 4) is 0 Å². The summed E-state index contributed by atoms with van der Waals surface area (Å²) in [6.45, 7) is 1.94. The van der Waals surface area contributed by atoms with E-state index in [0.717, 1.165) is 5.56 Å². The number of carbonyl (C=O) groups excluding carboxylic acids is 1. The Kier molecular flexibility index (Phi) is 4.88. The quantitative estimate of drug-likeness (QED) is 0.736. The highest BCUT2D eigenvalue weighted by Crippen LogP contribution is 2.18. The summed E-state index contributed by atoms with van der Waals surface area (Å²) in [5.41, 5.74) is 7.86. The van der Waals surface area contributed by atoms with Crippen LogP contribution in [-0.4, -0.2) is 11.4 Å². The Labute approximate surface area is 88.3 Å². The first kappa shape index (κ1) is 12.3. The van der Waals surface area contributed by atoms with Gasteiger partial charge < -0.3 is 5.73 Å². The fourth-order valence-electron chi connectivity index (χ4n) is 0.957. The van der Waals surface area contributed by atoms with Crippen molar-refractivity contribution in [2.24, 2.45) is 0 Å². The van der Waals surface area contributed by atoms with E-state index in [2.05, 4.69) is 0 Å². The second-order valence-corrected chi connectivity index (χ2v) is 3.36. The molecule has 1 rings (SSSR count). The first-order chi connectivity index (χ1) is 5.65. The van der Waals surface area contributed by atoms with Crippen LogP contribution in [0.4, 0.5) is 5.69 Å². The third-order valence-corrected chi connectivity index (χ3v) is 2.20. The van der Waals surface area contributed by atoms with Crippen LogP contribution in [0.25, 0.3) is 0 Å². The van der Waals surface area contributed by atoms with Crippen LogP contribution in [0.2, 0.25) is 0 Å². The van der Waals surface area contributed by atoms with Gasteiger partial charge in [-0.05, 0) is 25.3 Å². The molecule has 1 aromatic rings. The molecule has 1 aromatic carbocycles. The fraction of sp³-hybridized carbons (Fsp3) is 0.222. The van der Waals surface area contributed by atoms with Crippen LogP contribution in [0.5, 0.6) is 0 Å². The van der Waals surface area contributed by atoms with Gasteiger partial charge in [-0.2, -0.15) is 0 Å². The summed E-state index contributed by atoms with van der Waals surface area (Å²) in [6.07, 6.45) is 1.75. The van der Waals surface area contributed by atoms with E-state index >= 15 is 0 Å². The molecule has 4 heteroatoms. The standard InChI is InChI=1S/C9H11NOS.ClH/c1-6-3-4-8(10)7(5-6)9(11)12-2;/h3-5H,10H2,1-2H3;1H. The molecule has 0 aliphatic heterocycles. The van der Waals surface area contributed by atoms with Crippen LogP contribution in [0, 0.1) is 6.92 Å². The number of carbonyl (C=O) groups is 1. The zero-order valence-electron chi connectivity index (χ0n) is 7.53. The Morgan fingerprint density at radius 2 is 2.08 bits per heavy atom. The fourth-order valence-corrected chi connectivity index (χ4v) is 1.35. The molecule has 0 aromatic heterocycles. The molecule has 0 heterocycles.